The van der Waals surface area contributed by atoms with Crippen molar-refractivity contribution >= 4 is 5.97 Å². The summed E-state index contributed by atoms with van der Waals surface area (Å²) in [5.74, 6) is -0.290. The van der Waals surface area contributed by atoms with Crippen molar-refractivity contribution in [3.63, 3.8) is 0 Å². The van der Waals surface area contributed by atoms with Gasteiger partial charge in [-0.2, -0.15) is 0 Å². The van der Waals surface area contributed by atoms with Crippen molar-refractivity contribution in [2.75, 3.05) is 13.2 Å². The van der Waals surface area contributed by atoms with E-state index in [4.69, 9.17) is 14.2 Å². The van der Waals surface area contributed by atoms with Crippen molar-refractivity contribution in [1.29, 1.82) is 0 Å². The molecule has 0 amide bonds. The molecule has 0 saturated carbocycles. The zero-order valence-electron chi connectivity index (χ0n) is 12.4. The summed E-state index contributed by atoms with van der Waals surface area (Å²) in [5, 5.41) is 0. The molecule has 0 bridgehead atoms. The first-order valence-electron chi connectivity index (χ1n) is 7.81. The molecular weight excluding hydrogens is 268 g/mol. The smallest absolute Gasteiger partial charge is 0.338 e. The number of carbonyl (C=O) groups excluding carboxylic acids is 1. The maximum Gasteiger partial charge on any atom is 0.338 e. The Labute approximate surface area is 125 Å². The van der Waals surface area contributed by atoms with Gasteiger partial charge in [0.05, 0.1) is 18.3 Å². The van der Waals surface area contributed by atoms with Crippen molar-refractivity contribution in [3.8, 4) is 0 Å². The number of fused-ring (bicyclic) bond motifs is 1. The third kappa shape index (κ3) is 3.27. The first-order chi connectivity index (χ1) is 10.3. The van der Waals surface area contributed by atoms with E-state index in [1.54, 1.807) is 0 Å². The van der Waals surface area contributed by atoms with Crippen molar-refractivity contribution in [1.82, 2.24) is 0 Å². The third-order valence-electron chi connectivity index (χ3n) is 4.19. The fraction of sp³-hybridized carbons (Fsp3) is 0.588. The summed E-state index contributed by atoms with van der Waals surface area (Å²) in [4.78, 5) is 12.2. The molecule has 0 N–H and O–H groups in total. The van der Waals surface area contributed by atoms with E-state index in [-0.39, 0.29) is 24.3 Å². The summed E-state index contributed by atoms with van der Waals surface area (Å²) >= 11 is 0. The van der Waals surface area contributed by atoms with E-state index < -0.39 is 0 Å². The van der Waals surface area contributed by atoms with Crippen LogP contribution in [0.5, 0.6) is 0 Å². The van der Waals surface area contributed by atoms with Gasteiger partial charge in [-0.05, 0) is 37.0 Å². The Bertz CT molecular complexity index is 482. The van der Waals surface area contributed by atoms with Gasteiger partial charge in [0.2, 0.25) is 0 Å². The lowest BCUT2D eigenvalue weighted by molar-refractivity contribution is -0.0148. The van der Waals surface area contributed by atoms with Gasteiger partial charge in [-0.3, -0.25) is 0 Å². The number of hydrogen-bond acceptors (Lipinski definition) is 4. The summed E-state index contributed by atoms with van der Waals surface area (Å²) in [6.45, 7) is 3.30. The molecule has 3 unspecified atom stereocenters. The molecule has 2 saturated heterocycles. The van der Waals surface area contributed by atoms with Crippen LogP contribution in [0.4, 0.5) is 0 Å². The molecule has 0 radical (unpaired) electrons. The number of carbonyl (C=O) groups is 1. The Hall–Kier alpha value is -1.39. The summed E-state index contributed by atoms with van der Waals surface area (Å²) < 4.78 is 16.7. The van der Waals surface area contributed by atoms with Gasteiger partial charge in [0, 0.05) is 6.61 Å². The molecule has 2 heterocycles. The molecule has 114 valence electrons. The van der Waals surface area contributed by atoms with Crippen LogP contribution in [0.15, 0.2) is 24.3 Å². The number of rotatable bonds is 5. The van der Waals surface area contributed by atoms with Crippen LogP contribution in [-0.2, 0) is 20.6 Å². The molecule has 3 rings (SSSR count). The summed E-state index contributed by atoms with van der Waals surface area (Å²) in [7, 11) is 0. The quantitative estimate of drug-likeness (QED) is 0.782. The van der Waals surface area contributed by atoms with E-state index in [0.717, 1.165) is 12.8 Å². The Morgan fingerprint density at radius 2 is 2.10 bits per heavy atom. The number of unbranched alkanes of at least 4 members (excludes halogenated alkanes) is 1. The molecule has 2 aliphatic rings. The first kappa shape index (κ1) is 14.5. The molecule has 4 heteroatoms. The minimum Gasteiger partial charge on any atom is -0.453 e. The van der Waals surface area contributed by atoms with E-state index in [1.165, 1.54) is 18.4 Å². The second-order valence-electron chi connectivity index (χ2n) is 5.74. The molecule has 0 aromatic heterocycles. The minimum atomic E-state index is -0.290. The average Bonchev–Trinajstić information content (AvgIpc) is 3.10. The third-order valence-corrected chi connectivity index (χ3v) is 4.19. The van der Waals surface area contributed by atoms with Gasteiger partial charge in [0.25, 0.3) is 0 Å². The molecule has 21 heavy (non-hydrogen) atoms. The summed E-state index contributed by atoms with van der Waals surface area (Å²) in [6, 6.07) is 7.70. The number of benzene rings is 1. The molecule has 0 aliphatic carbocycles. The highest BCUT2D eigenvalue weighted by Crippen LogP contribution is 2.28. The van der Waals surface area contributed by atoms with Gasteiger partial charge in [-0.25, -0.2) is 4.79 Å². The zero-order chi connectivity index (χ0) is 14.7. The normalized spacial score (nSPS) is 27.6. The second kappa shape index (κ2) is 6.58. The SMILES string of the molecule is CCCCc1ccc(C(=O)OC2COC3CCOC32)cc1. The van der Waals surface area contributed by atoms with E-state index >= 15 is 0 Å². The topological polar surface area (TPSA) is 44.8 Å². The van der Waals surface area contributed by atoms with Crippen LogP contribution in [0.1, 0.15) is 42.1 Å². The van der Waals surface area contributed by atoms with E-state index in [9.17, 15) is 4.79 Å². The summed E-state index contributed by atoms with van der Waals surface area (Å²) in [6.07, 6.45) is 4.03. The molecule has 1 aromatic rings. The molecule has 2 fully saturated rings. The van der Waals surface area contributed by atoms with Crippen LogP contribution >= 0.6 is 0 Å². The number of aryl methyl sites for hydroxylation is 1. The van der Waals surface area contributed by atoms with Crippen molar-refractivity contribution < 1.29 is 19.0 Å². The second-order valence-corrected chi connectivity index (χ2v) is 5.74. The van der Waals surface area contributed by atoms with Crippen molar-refractivity contribution in [3.05, 3.63) is 35.4 Å². The van der Waals surface area contributed by atoms with Crippen LogP contribution in [0.3, 0.4) is 0 Å². The van der Waals surface area contributed by atoms with Gasteiger partial charge in [-0.15, -0.1) is 0 Å². The first-order valence-corrected chi connectivity index (χ1v) is 7.81. The Kier molecular flexibility index (Phi) is 4.56. The van der Waals surface area contributed by atoms with E-state index in [1.807, 2.05) is 24.3 Å². The standard InChI is InChI=1S/C17H22O4/c1-2-3-4-12-5-7-13(8-6-12)17(18)21-15-11-20-14-9-10-19-16(14)15/h5-8,14-16H,2-4,9-11H2,1H3. The highest BCUT2D eigenvalue weighted by molar-refractivity contribution is 5.89. The zero-order valence-corrected chi connectivity index (χ0v) is 12.4. The lowest BCUT2D eigenvalue weighted by atomic mass is 10.1. The molecule has 2 aliphatic heterocycles. The van der Waals surface area contributed by atoms with Gasteiger partial charge in [-0.1, -0.05) is 25.5 Å². The largest absolute Gasteiger partial charge is 0.453 e. The van der Waals surface area contributed by atoms with Crippen molar-refractivity contribution in [2.24, 2.45) is 0 Å². The van der Waals surface area contributed by atoms with Gasteiger partial charge < -0.3 is 14.2 Å². The van der Waals surface area contributed by atoms with Crippen LogP contribution in [0.25, 0.3) is 0 Å². The predicted octanol–water partition coefficient (Wildman–Crippen LogP) is 2.74. The predicted molar refractivity (Wildman–Crippen MR) is 78.4 cm³/mol. The highest BCUT2D eigenvalue weighted by Gasteiger charge is 2.44. The monoisotopic (exact) mass is 290 g/mol. The van der Waals surface area contributed by atoms with E-state index in [0.29, 0.717) is 18.8 Å². The fourth-order valence-corrected chi connectivity index (χ4v) is 2.93. The number of esters is 1. The van der Waals surface area contributed by atoms with Crippen LogP contribution < -0.4 is 0 Å². The molecular formula is C17H22O4. The lowest BCUT2D eigenvalue weighted by Gasteiger charge is -2.16. The van der Waals surface area contributed by atoms with Crippen LogP contribution in [-0.4, -0.2) is 37.5 Å². The molecule has 4 nitrogen and oxygen atoms in total. The molecule has 0 spiro atoms. The molecule has 1 aromatic carbocycles. The van der Waals surface area contributed by atoms with E-state index in [2.05, 4.69) is 6.92 Å². The maximum atomic E-state index is 12.2. The van der Waals surface area contributed by atoms with Gasteiger partial charge in [0.15, 0.2) is 6.10 Å². The van der Waals surface area contributed by atoms with Crippen LogP contribution in [0, 0.1) is 0 Å². The lowest BCUT2D eigenvalue weighted by Crippen LogP contribution is -2.32. The minimum absolute atomic E-state index is 0.0854. The Balaban J connectivity index is 1.57. The van der Waals surface area contributed by atoms with Gasteiger partial charge in [0.1, 0.15) is 6.10 Å². The van der Waals surface area contributed by atoms with Crippen molar-refractivity contribution in [2.45, 2.75) is 50.9 Å². The maximum absolute atomic E-state index is 12.2. The summed E-state index contributed by atoms with van der Waals surface area (Å²) in [5.41, 5.74) is 1.86. The average molecular weight is 290 g/mol. The van der Waals surface area contributed by atoms with Crippen LogP contribution in [0.2, 0.25) is 0 Å². The number of ether oxygens (including phenoxy) is 3. The Morgan fingerprint density at radius 1 is 1.29 bits per heavy atom. The Morgan fingerprint density at radius 3 is 2.86 bits per heavy atom. The highest BCUT2D eigenvalue weighted by atomic mass is 16.6. The fourth-order valence-electron chi connectivity index (χ4n) is 2.93. The van der Waals surface area contributed by atoms with Gasteiger partial charge >= 0.3 is 5.97 Å². The number of hydrogen-bond donors (Lipinski definition) is 0. The molecule has 3 atom stereocenters.